The van der Waals surface area contributed by atoms with Gasteiger partial charge in [0.05, 0.1) is 0 Å². The van der Waals surface area contributed by atoms with Gasteiger partial charge in [0, 0.05) is 5.69 Å². The summed E-state index contributed by atoms with van der Waals surface area (Å²) in [5.41, 5.74) is 0.903. The van der Waals surface area contributed by atoms with Crippen LogP contribution in [0.25, 0.3) is 0 Å². The zero-order valence-corrected chi connectivity index (χ0v) is 16.2. The van der Waals surface area contributed by atoms with Crippen LogP contribution < -0.4 is 9.64 Å². The maximum atomic E-state index is 13.4. The van der Waals surface area contributed by atoms with Gasteiger partial charge in [-0.1, -0.05) is 12.1 Å². The lowest BCUT2D eigenvalue weighted by molar-refractivity contribution is 0.0495. The number of benzene rings is 3. The van der Waals surface area contributed by atoms with Crippen molar-refractivity contribution in [2.75, 3.05) is 11.5 Å². The minimum Gasteiger partial charge on any atom is -0.508 e. The Morgan fingerprint density at radius 2 is 1.52 bits per heavy atom. The van der Waals surface area contributed by atoms with Crippen LogP contribution in [0.4, 0.5) is 19.3 Å². The number of cyclic esters (lactones) is 1. The van der Waals surface area contributed by atoms with Gasteiger partial charge < -0.3 is 19.7 Å². The van der Waals surface area contributed by atoms with E-state index in [4.69, 9.17) is 9.47 Å². The zero-order valence-electron chi connectivity index (χ0n) is 16.2. The average Bonchev–Trinajstić information content (AvgIpc) is 3.11. The molecule has 2 N–H and O–H groups in total. The maximum absolute atomic E-state index is 13.4. The molecule has 0 bridgehead atoms. The van der Waals surface area contributed by atoms with E-state index in [-0.39, 0.29) is 12.4 Å². The lowest BCUT2D eigenvalue weighted by Gasteiger charge is -2.29. The summed E-state index contributed by atoms with van der Waals surface area (Å²) >= 11 is 0. The molecule has 1 amide bonds. The van der Waals surface area contributed by atoms with Gasteiger partial charge in [0.1, 0.15) is 41.9 Å². The van der Waals surface area contributed by atoms with Gasteiger partial charge in [-0.25, -0.2) is 13.6 Å². The number of aliphatic hydroxyl groups is 1. The summed E-state index contributed by atoms with van der Waals surface area (Å²) in [4.78, 5) is 13.9. The normalized spacial score (nSPS) is 19.2. The summed E-state index contributed by atoms with van der Waals surface area (Å²) < 4.78 is 37.6. The van der Waals surface area contributed by atoms with E-state index in [1.165, 1.54) is 65.6 Å². The lowest BCUT2D eigenvalue weighted by atomic mass is 9.97. The number of phenolic OH excluding ortho intramolecular Hbond substituents is 1. The molecule has 0 saturated carbocycles. The number of aromatic hydroxyl groups is 1. The topological polar surface area (TPSA) is 79.2 Å². The molecule has 1 aliphatic rings. The largest absolute Gasteiger partial charge is 0.508 e. The van der Waals surface area contributed by atoms with E-state index in [0.717, 1.165) is 0 Å². The van der Waals surface area contributed by atoms with Gasteiger partial charge in [-0.2, -0.15) is 0 Å². The van der Waals surface area contributed by atoms with Crippen LogP contribution in [0.5, 0.6) is 11.5 Å². The molecule has 3 aromatic rings. The maximum Gasteiger partial charge on any atom is 0.415 e. The van der Waals surface area contributed by atoms with E-state index in [0.29, 0.717) is 17.0 Å². The van der Waals surface area contributed by atoms with Gasteiger partial charge in [-0.15, -0.1) is 0 Å². The molecule has 0 spiro atoms. The fourth-order valence-electron chi connectivity index (χ4n) is 3.49. The number of aliphatic hydroxyl groups excluding tert-OH is 1. The molecular weight excluding hydrogens is 408 g/mol. The Balaban J connectivity index is 1.63. The fourth-order valence-corrected chi connectivity index (χ4v) is 3.49. The Kier molecular flexibility index (Phi) is 5.73. The SMILES string of the molecule is O=C1O[C@@H](c2ccc(O)cc2)[C@@H]([C@H](O)COc2ccc(F)cc2)N1c1ccc(F)cc1. The second kappa shape index (κ2) is 8.61. The standard InChI is InChI=1S/C23H19F2NO5/c24-15-3-7-17(8-4-15)26-21(20(28)13-30-19-11-5-16(25)6-12-19)22(31-23(26)29)14-1-9-18(27)10-2-14/h1-12,20-22,27-28H,13H2/t20-,21-,22+/m1/s1. The minimum atomic E-state index is -1.21. The van der Waals surface area contributed by atoms with Gasteiger partial charge in [0.25, 0.3) is 0 Å². The molecule has 0 aromatic heterocycles. The third kappa shape index (κ3) is 4.44. The molecule has 0 aliphatic carbocycles. The Labute approximate surface area is 176 Å². The Morgan fingerprint density at radius 1 is 0.935 bits per heavy atom. The first-order valence-electron chi connectivity index (χ1n) is 9.53. The van der Waals surface area contributed by atoms with Crippen LogP contribution in [-0.2, 0) is 4.74 Å². The molecular formula is C23H19F2NO5. The highest BCUT2D eigenvalue weighted by molar-refractivity contribution is 5.91. The molecule has 1 aliphatic heterocycles. The smallest absolute Gasteiger partial charge is 0.415 e. The molecule has 0 unspecified atom stereocenters. The number of halogens is 2. The van der Waals surface area contributed by atoms with Crippen molar-refractivity contribution in [1.29, 1.82) is 0 Å². The van der Waals surface area contributed by atoms with Crippen LogP contribution in [0, 0.1) is 11.6 Å². The predicted octanol–water partition coefficient (Wildman–Crippen LogP) is 4.18. The summed E-state index contributed by atoms with van der Waals surface area (Å²) in [6, 6.07) is 15.7. The van der Waals surface area contributed by atoms with Crippen molar-refractivity contribution in [1.82, 2.24) is 0 Å². The number of phenols is 1. The van der Waals surface area contributed by atoms with Crippen molar-refractivity contribution in [2.45, 2.75) is 18.2 Å². The highest BCUT2D eigenvalue weighted by Crippen LogP contribution is 2.38. The number of hydrogen-bond acceptors (Lipinski definition) is 5. The Morgan fingerprint density at radius 3 is 2.13 bits per heavy atom. The van der Waals surface area contributed by atoms with Crippen LogP contribution in [0.3, 0.4) is 0 Å². The molecule has 4 rings (SSSR count). The van der Waals surface area contributed by atoms with Crippen molar-refractivity contribution in [3.8, 4) is 11.5 Å². The lowest BCUT2D eigenvalue weighted by Crippen LogP contribution is -2.46. The van der Waals surface area contributed by atoms with Crippen molar-refractivity contribution in [3.05, 3.63) is 90.0 Å². The second-order valence-corrected chi connectivity index (χ2v) is 7.07. The predicted molar refractivity (Wildman–Crippen MR) is 108 cm³/mol. The highest BCUT2D eigenvalue weighted by atomic mass is 19.1. The zero-order chi connectivity index (χ0) is 22.0. The fraction of sp³-hybridized carbons (Fsp3) is 0.174. The van der Waals surface area contributed by atoms with Crippen molar-refractivity contribution >= 4 is 11.8 Å². The number of amides is 1. The number of carbonyl (C=O) groups excluding carboxylic acids is 1. The first kappa shape index (κ1) is 20.6. The third-order valence-electron chi connectivity index (χ3n) is 4.99. The van der Waals surface area contributed by atoms with E-state index in [2.05, 4.69) is 0 Å². The van der Waals surface area contributed by atoms with Crippen molar-refractivity contribution in [2.24, 2.45) is 0 Å². The first-order valence-corrected chi connectivity index (χ1v) is 9.53. The van der Waals surface area contributed by atoms with E-state index in [9.17, 15) is 23.8 Å². The number of carbonyl (C=O) groups is 1. The van der Waals surface area contributed by atoms with Gasteiger partial charge in [0.2, 0.25) is 0 Å². The molecule has 31 heavy (non-hydrogen) atoms. The van der Waals surface area contributed by atoms with Gasteiger partial charge in [-0.3, -0.25) is 4.90 Å². The summed E-state index contributed by atoms with van der Waals surface area (Å²) in [5.74, 6) is -0.499. The van der Waals surface area contributed by atoms with Gasteiger partial charge in [0.15, 0.2) is 6.10 Å². The van der Waals surface area contributed by atoms with Crippen molar-refractivity contribution in [3.63, 3.8) is 0 Å². The molecule has 0 radical (unpaired) electrons. The minimum absolute atomic E-state index is 0.0419. The van der Waals surface area contributed by atoms with Crippen LogP contribution in [0.15, 0.2) is 72.8 Å². The molecule has 3 atom stereocenters. The molecule has 3 aromatic carbocycles. The third-order valence-corrected chi connectivity index (χ3v) is 4.99. The quantitative estimate of drug-likeness (QED) is 0.617. The molecule has 1 saturated heterocycles. The van der Waals surface area contributed by atoms with E-state index in [1.54, 1.807) is 12.1 Å². The van der Waals surface area contributed by atoms with Crippen molar-refractivity contribution < 1.29 is 33.3 Å². The monoisotopic (exact) mass is 427 g/mol. The summed E-state index contributed by atoms with van der Waals surface area (Å²) in [6.07, 6.45) is -2.79. The molecule has 1 fully saturated rings. The van der Waals surface area contributed by atoms with E-state index >= 15 is 0 Å². The average molecular weight is 427 g/mol. The number of hydrogen-bond donors (Lipinski definition) is 2. The van der Waals surface area contributed by atoms with Gasteiger partial charge in [-0.05, 0) is 66.2 Å². The molecule has 8 heteroatoms. The number of rotatable bonds is 6. The van der Waals surface area contributed by atoms with Crippen LogP contribution in [-0.4, -0.2) is 35.1 Å². The number of nitrogens with zero attached hydrogens (tertiary/aromatic N) is 1. The highest BCUT2D eigenvalue weighted by Gasteiger charge is 2.47. The summed E-state index contributed by atoms with van der Waals surface area (Å²) in [7, 11) is 0. The Hall–Kier alpha value is -3.65. The first-order chi connectivity index (χ1) is 14.9. The number of anilines is 1. The summed E-state index contributed by atoms with van der Waals surface area (Å²) in [6.45, 7) is -0.209. The van der Waals surface area contributed by atoms with Crippen LogP contribution in [0.1, 0.15) is 11.7 Å². The van der Waals surface area contributed by atoms with E-state index in [1.807, 2.05) is 0 Å². The molecule has 1 heterocycles. The molecule has 160 valence electrons. The summed E-state index contributed by atoms with van der Waals surface area (Å²) in [5, 5.41) is 20.5. The van der Waals surface area contributed by atoms with Crippen LogP contribution >= 0.6 is 0 Å². The Bertz CT molecular complexity index is 1040. The van der Waals surface area contributed by atoms with E-state index < -0.39 is 36.0 Å². The number of ether oxygens (including phenoxy) is 2. The van der Waals surface area contributed by atoms with Gasteiger partial charge >= 0.3 is 6.09 Å². The second-order valence-electron chi connectivity index (χ2n) is 7.07. The molecule has 6 nitrogen and oxygen atoms in total. The van der Waals surface area contributed by atoms with Crippen LogP contribution in [0.2, 0.25) is 0 Å².